The number of carbonyl (C=O) groups is 1. The van der Waals surface area contributed by atoms with Crippen LogP contribution in [0.2, 0.25) is 0 Å². The maximum atomic E-state index is 11.2. The maximum absolute atomic E-state index is 11.2. The second-order valence-corrected chi connectivity index (χ2v) is 5.54. The van der Waals surface area contributed by atoms with Crippen LogP contribution in [0, 0.1) is 0 Å². The van der Waals surface area contributed by atoms with Gasteiger partial charge in [-0.05, 0) is 23.6 Å². The third-order valence-electron chi connectivity index (χ3n) is 2.85. The molecule has 2 aromatic carbocycles. The summed E-state index contributed by atoms with van der Waals surface area (Å²) in [6, 6.07) is 13.6. The molecule has 0 saturated carbocycles. The van der Waals surface area contributed by atoms with Crippen molar-refractivity contribution in [2.75, 3.05) is 4.72 Å². The number of nitrogens with one attached hydrogen (secondary N) is 1. The van der Waals surface area contributed by atoms with Crippen LogP contribution in [-0.2, 0) is 16.7 Å². The van der Waals surface area contributed by atoms with Gasteiger partial charge in [-0.2, -0.15) is 8.42 Å². The Balaban J connectivity index is 2.49. The fraction of sp³-hybridized carbons (Fsp3) is 0.0714. The number of carboxylic acids is 1. The highest BCUT2D eigenvalue weighted by molar-refractivity contribution is 7.87. The summed E-state index contributed by atoms with van der Waals surface area (Å²) in [5.41, 5.74) is 0.995. The molecule has 0 radical (unpaired) electrons. The van der Waals surface area contributed by atoms with Crippen LogP contribution in [0.15, 0.2) is 48.5 Å². The standard InChI is InChI=1S/C14H13NO5S/c16-14(17)12-8-4-7-11(13(12)15-21(18,19)20)9-10-5-2-1-3-6-10/h1-8,15H,9H2,(H,16,17)(H,18,19,20). The van der Waals surface area contributed by atoms with Gasteiger partial charge in [-0.15, -0.1) is 0 Å². The van der Waals surface area contributed by atoms with Crippen LogP contribution in [0.5, 0.6) is 0 Å². The van der Waals surface area contributed by atoms with Crippen molar-refractivity contribution in [2.45, 2.75) is 6.42 Å². The van der Waals surface area contributed by atoms with Gasteiger partial charge in [0.1, 0.15) is 0 Å². The van der Waals surface area contributed by atoms with E-state index in [1.54, 1.807) is 6.07 Å². The van der Waals surface area contributed by atoms with E-state index in [1.165, 1.54) is 12.1 Å². The highest BCUT2D eigenvalue weighted by Crippen LogP contribution is 2.25. The zero-order valence-electron chi connectivity index (χ0n) is 10.9. The molecular weight excluding hydrogens is 294 g/mol. The van der Waals surface area contributed by atoms with E-state index in [9.17, 15) is 13.2 Å². The fourth-order valence-corrected chi connectivity index (χ4v) is 2.49. The minimum atomic E-state index is -4.56. The van der Waals surface area contributed by atoms with Gasteiger partial charge in [-0.25, -0.2) is 4.79 Å². The van der Waals surface area contributed by atoms with E-state index in [2.05, 4.69) is 0 Å². The number of rotatable bonds is 5. The first-order valence-electron chi connectivity index (χ1n) is 6.01. The van der Waals surface area contributed by atoms with E-state index in [0.717, 1.165) is 5.56 Å². The largest absolute Gasteiger partial charge is 0.478 e. The number of hydrogen-bond donors (Lipinski definition) is 3. The molecule has 0 fully saturated rings. The van der Waals surface area contributed by atoms with Crippen molar-refractivity contribution in [2.24, 2.45) is 0 Å². The summed E-state index contributed by atoms with van der Waals surface area (Å²) < 4.78 is 32.9. The zero-order valence-corrected chi connectivity index (χ0v) is 11.7. The number of carboxylic acid groups (broad SMARTS) is 1. The number of anilines is 1. The predicted octanol–water partition coefficient (Wildman–Crippen LogP) is 2.19. The van der Waals surface area contributed by atoms with E-state index in [-0.39, 0.29) is 11.3 Å². The Bertz CT molecular complexity index is 756. The molecule has 0 unspecified atom stereocenters. The lowest BCUT2D eigenvalue weighted by atomic mass is 10.0. The molecule has 7 heteroatoms. The molecule has 0 bridgehead atoms. The molecule has 6 nitrogen and oxygen atoms in total. The van der Waals surface area contributed by atoms with Crippen LogP contribution >= 0.6 is 0 Å². The first kappa shape index (κ1) is 15.0. The Morgan fingerprint density at radius 2 is 1.71 bits per heavy atom. The van der Waals surface area contributed by atoms with Crippen LogP contribution in [0.1, 0.15) is 21.5 Å². The SMILES string of the molecule is O=C(O)c1cccc(Cc2ccccc2)c1NS(=O)(=O)O. The molecule has 0 aliphatic rings. The quantitative estimate of drug-likeness (QED) is 0.735. The summed E-state index contributed by atoms with van der Waals surface area (Å²) in [5, 5.41) is 9.14. The van der Waals surface area contributed by atoms with Crippen LogP contribution in [0.25, 0.3) is 0 Å². The Labute approximate surface area is 121 Å². The minimum absolute atomic E-state index is 0.128. The summed E-state index contributed by atoms with van der Waals surface area (Å²) in [5.74, 6) is -1.28. The topological polar surface area (TPSA) is 104 Å². The van der Waals surface area contributed by atoms with Gasteiger partial charge in [0.2, 0.25) is 0 Å². The summed E-state index contributed by atoms with van der Waals surface area (Å²) in [6.07, 6.45) is 0.333. The average Bonchev–Trinajstić information content (AvgIpc) is 2.40. The van der Waals surface area contributed by atoms with Gasteiger partial charge in [0.25, 0.3) is 0 Å². The highest BCUT2D eigenvalue weighted by atomic mass is 32.2. The lowest BCUT2D eigenvalue weighted by Crippen LogP contribution is -2.15. The Morgan fingerprint density at radius 1 is 1.05 bits per heavy atom. The van der Waals surface area contributed by atoms with Crippen LogP contribution in [-0.4, -0.2) is 24.0 Å². The maximum Gasteiger partial charge on any atom is 0.357 e. The molecule has 0 saturated heterocycles. The van der Waals surface area contributed by atoms with E-state index < -0.39 is 16.3 Å². The van der Waals surface area contributed by atoms with Crippen molar-refractivity contribution in [1.29, 1.82) is 0 Å². The zero-order chi connectivity index (χ0) is 15.5. The fourth-order valence-electron chi connectivity index (χ4n) is 1.99. The van der Waals surface area contributed by atoms with Crippen molar-refractivity contribution in [1.82, 2.24) is 0 Å². The van der Waals surface area contributed by atoms with E-state index in [4.69, 9.17) is 9.66 Å². The lowest BCUT2D eigenvalue weighted by molar-refractivity contribution is 0.0698. The number of benzene rings is 2. The van der Waals surface area contributed by atoms with Gasteiger partial charge < -0.3 is 5.11 Å². The third-order valence-corrected chi connectivity index (χ3v) is 3.31. The Kier molecular flexibility index (Phi) is 4.25. The van der Waals surface area contributed by atoms with Gasteiger partial charge in [-0.3, -0.25) is 9.27 Å². The summed E-state index contributed by atoms with van der Waals surface area (Å²) >= 11 is 0. The summed E-state index contributed by atoms with van der Waals surface area (Å²) in [6.45, 7) is 0. The van der Waals surface area contributed by atoms with Crippen LogP contribution in [0.4, 0.5) is 5.69 Å². The second kappa shape index (κ2) is 5.94. The predicted molar refractivity (Wildman–Crippen MR) is 77.8 cm³/mol. The third kappa shape index (κ3) is 4.04. The van der Waals surface area contributed by atoms with Crippen molar-refractivity contribution < 1.29 is 22.9 Å². The molecule has 2 rings (SSSR count). The van der Waals surface area contributed by atoms with Gasteiger partial charge in [0.15, 0.2) is 0 Å². The van der Waals surface area contributed by atoms with Crippen molar-refractivity contribution >= 4 is 22.0 Å². The van der Waals surface area contributed by atoms with Crippen LogP contribution in [0.3, 0.4) is 0 Å². The summed E-state index contributed by atoms with van der Waals surface area (Å²) in [7, 11) is -4.56. The highest BCUT2D eigenvalue weighted by Gasteiger charge is 2.18. The molecule has 0 aliphatic heterocycles. The minimum Gasteiger partial charge on any atom is -0.478 e. The first-order chi connectivity index (χ1) is 9.87. The summed E-state index contributed by atoms with van der Waals surface area (Å²) in [4.78, 5) is 11.2. The van der Waals surface area contributed by atoms with E-state index in [1.807, 2.05) is 35.1 Å². The molecule has 0 aliphatic carbocycles. The Hall–Kier alpha value is -2.38. The van der Waals surface area contributed by atoms with Gasteiger partial charge >= 0.3 is 16.3 Å². The molecule has 21 heavy (non-hydrogen) atoms. The van der Waals surface area contributed by atoms with Gasteiger partial charge in [-0.1, -0.05) is 42.5 Å². The lowest BCUT2D eigenvalue weighted by Gasteiger charge is -2.13. The number of hydrogen-bond acceptors (Lipinski definition) is 3. The first-order valence-corrected chi connectivity index (χ1v) is 7.45. The van der Waals surface area contributed by atoms with E-state index in [0.29, 0.717) is 12.0 Å². The van der Waals surface area contributed by atoms with Crippen LogP contribution < -0.4 is 4.72 Å². The second-order valence-electron chi connectivity index (χ2n) is 4.38. The molecule has 0 atom stereocenters. The van der Waals surface area contributed by atoms with Crippen molar-refractivity contribution in [3.63, 3.8) is 0 Å². The Morgan fingerprint density at radius 3 is 2.29 bits per heavy atom. The molecule has 0 amide bonds. The normalized spacial score (nSPS) is 11.1. The molecule has 0 spiro atoms. The molecular formula is C14H13NO5S. The number of para-hydroxylation sites is 1. The van der Waals surface area contributed by atoms with Gasteiger partial charge in [0, 0.05) is 0 Å². The van der Waals surface area contributed by atoms with Gasteiger partial charge in [0.05, 0.1) is 11.3 Å². The van der Waals surface area contributed by atoms with E-state index >= 15 is 0 Å². The smallest absolute Gasteiger partial charge is 0.357 e. The van der Waals surface area contributed by atoms with Crippen molar-refractivity contribution in [3.05, 3.63) is 65.2 Å². The molecule has 0 heterocycles. The monoisotopic (exact) mass is 307 g/mol. The van der Waals surface area contributed by atoms with Crippen molar-refractivity contribution in [3.8, 4) is 0 Å². The average molecular weight is 307 g/mol. The molecule has 3 N–H and O–H groups in total. The number of aromatic carboxylic acids is 1. The molecule has 110 valence electrons. The molecule has 0 aromatic heterocycles. The molecule has 2 aromatic rings.